The van der Waals surface area contributed by atoms with Crippen molar-refractivity contribution >= 4 is 17.2 Å². The first-order chi connectivity index (χ1) is 12.1. The minimum absolute atomic E-state index is 0.141. The first kappa shape index (κ1) is 17.5. The van der Waals surface area contributed by atoms with Crippen molar-refractivity contribution in [2.24, 2.45) is 5.18 Å². The van der Waals surface area contributed by atoms with E-state index in [1.54, 1.807) is 12.1 Å². The minimum Gasteiger partial charge on any atom is -0.494 e. The molecular weight excluding hydrogens is 343 g/mol. The lowest BCUT2D eigenvalue weighted by atomic mass is 9.92. The molecule has 1 aromatic heterocycles. The zero-order valence-electron chi connectivity index (χ0n) is 13.9. The Hall–Kier alpha value is -2.28. The lowest BCUT2D eigenvalue weighted by Crippen LogP contribution is -2.26. The molecule has 1 unspecified atom stereocenters. The predicted molar refractivity (Wildman–Crippen MR) is 94.8 cm³/mol. The Balaban J connectivity index is 1.62. The summed E-state index contributed by atoms with van der Waals surface area (Å²) in [5.41, 5.74) is 2.49. The predicted octanol–water partition coefficient (Wildman–Crippen LogP) is 4.01. The van der Waals surface area contributed by atoms with Crippen molar-refractivity contribution in [3.8, 4) is 5.75 Å². The summed E-state index contributed by atoms with van der Waals surface area (Å²) >= 11 is 1.44. The summed E-state index contributed by atoms with van der Waals surface area (Å²) in [6, 6.07) is 4.35. The molecule has 7 heteroatoms. The van der Waals surface area contributed by atoms with Crippen molar-refractivity contribution in [1.82, 2.24) is 5.32 Å². The van der Waals surface area contributed by atoms with Crippen molar-refractivity contribution in [1.29, 1.82) is 0 Å². The van der Waals surface area contributed by atoms with Crippen molar-refractivity contribution < 1.29 is 13.9 Å². The number of nitroso groups, excluding NO2 is 1. The highest BCUT2D eigenvalue weighted by Gasteiger charge is 2.27. The molecule has 1 aromatic carbocycles. The summed E-state index contributed by atoms with van der Waals surface area (Å²) in [7, 11) is 1.42. The van der Waals surface area contributed by atoms with Crippen LogP contribution in [0.3, 0.4) is 0 Å². The van der Waals surface area contributed by atoms with Gasteiger partial charge in [0, 0.05) is 16.8 Å². The summed E-state index contributed by atoms with van der Waals surface area (Å²) in [6.45, 7) is 0.438. The Morgan fingerprint density at radius 2 is 2.32 bits per heavy atom. The number of thiophene rings is 1. The fraction of sp³-hybridized carbons (Fsp3) is 0.389. The van der Waals surface area contributed by atoms with Gasteiger partial charge in [-0.1, -0.05) is 11.2 Å². The lowest BCUT2D eigenvalue weighted by Gasteiger charge is -2.17. The lowest BCUT2D eigenvalue weighted by molar-refractivity contribution is 0.0953. The van der Waals surface area contributed by atoms with Gasteiger partial charge < -0.3 is 10.1 Å². The van der Waals surface area contributed by atoms with Gasteiger partial charge >= 0.3 is 0 Å². The van der Waals surface area contributed by atoms with Crippen LogP contribution in [-0.4, -0.2) is 19.6 Å². The number of rotatable bonds is 6. The highest BCUT2D eigenvalue weighted by Crippen LogP contribution is 2.38. The number of nitrogens with zero attached hydrogens (tertiary/aromatic N) is 1. The molecule has 1 atom stereocenters. The first-order valence-electron chi connectivity index (χ1n) is 8.17. The van der Waals surface area contributed by atoms with Crippen LogP contribution in [0.1, 0.15) is 45.2 Å². The van der Waals surface area contributed by atoms with Crippen LogP contribution in [0.15, 0.2) is 28.8 Å². The number of ether oxygens (including phenoxy) is 1. The number of carbonyl (C=O) groups is 1. The molecule has 0 saturated heterocycles. The molecule has 0 saturated carbocycles. The van der Waals surface area contributed by atoms with E-state index in [9.17, 15) is 14.1 Å². The smallest absolute Gasteiger partial charge is 0.252 e. The van der Waals surface area contributed by atoms with Gasteiger partial charge in [-0.3, -0.25) is 4.79 Å². The molecule has 0 aliphatic heterocycles. The molecule has 0 spiro atoms. The van der Waals surface area contributed by atoms with E-state index in [1.807, 2.05) is 5.38 Å². The van der Waals surface area contributed by atoms with Crippen LogP contribution in [0.4, 0.5) is 4.39 Å². The third-order valence-electron chi connectivity index (χ3n) is 4.42. The van der Waals surface area contributed by atoms with E-state index in [0.29, 0.717) is 18.5 Å². The van der Waals surface area contributed by atoms with Crippen LogP contribution in [0.2, 0.25) is 0 Å². The Kier molecular flexibility index (Phi) is 5.43. The molecule has 1 amide bonds. The number of hydrogen-bond donors (Lipinski definition) is 1. The fourth-order valence-corrected chi connectivity index (χ4v) is 4.27. The molecule has 5 nitrogen and oxygen atoms in total. The van der Waals surface area contributed by atoms with E-state index in [0.717, 1.165) is 35.3 Å². The molecule has 25 heavy (non-hydrogen) atoms. The second kappa shape index (κ2) is 7.74. The first-order valence-corrected chi connectivity index (χ1v) is 9.05. The van der Waals surface area contributed by atoms with Gasteiger partial charge in [-0.25, -0.2) is 4.39 Å². The maximum atomic E-state index is 13.4. The quantitative estimate of drug-likeness (QED) is 0.790. The standard InChI is InChI=1S/C18H19FN2O3S/c1-24-16-9-11(5-6-14(16)19)7-8-20-18(22)13-10-25-17-12(13)3-2-4-15(17)21-23/h5-6,9-10,15H,2-4,7-8H2,1H3,(H,20,22). The zero-order chi connectivity index (χ0) is 17.8. The normalized spacial score (nSPS) is 16.2. The summed E-state index contributed by atoms with van der Waals surface area (Å²) in [5, 5.41) is 7.88. The number of amides is 1. The summed E-state index contributed by atoms with van der Waals surface area (Å²) in [5.74, 6) is -0.347. The van der Waals surface area contributed by atoms with Gasteiger partial charge in [0.15, 0.2) is 11.6 Å². The molecule has 3 rings (SSSR count). The summed E-state index contributed by atoms with van der Waals surface area (Å²) < 4.78 is 18.4. The molecular formula is C18H19FN2O3S. The average Bonchev–Trinajstić information content (AvgIpc) is 3.07. The maximum absolute atomic E-state index is 13.4. The van der Waals surface area contributed by atoms with Crippen molar-refractivity contribution in [3.05, 3.63) is 55.9 Å². The van der Waals surface area contributed by atoms with E-state index < -0.39 is 5.82 Å². The van der Waals surface area contributed by atoms with Gasteiger partial charge in [-0.05, 0) is 48.9 Å². The highest BCUT2D eigenvalue weighted by molar-refractivity contribution is 7.10. The van der Waals surface area contributed by atoms with Gasteiger partial charge in [-0.15, -0.1) is 11.3 Å². The molecule has 2 aromatic rings. The Bertz CT molecular complexity index is 791. The fourth-order valence-electron chi connectivity index (χ4n) is 3.10. The topological polar surface area (TPSA) is 67.8 Å². The number of methoxy groups -OCH3 is 1. The summed E-state index contributed by atoms with van der Waals surface area (Å²) in [6.07, 6.45) is 3.01. The van der Waals surface area contributed by atoms with E-state index in [1.165, 1.54) is 24.5 Å². The number of benzene rings is 1. The van der Waals surface area contributed by atoms with Gasteiger partial charge in [0.05, 0.1) is 12.7 Å². The van der Waals surface area contributed by atoms with Crippen LogP contribution < -0.4 is 10.1 Å². The number of hydrogen-bond acceptors (Lipinski definition) is 5. The molecule has 1 aliphatic carbocycles. The molecule has 1 heterocycles. The second-order valence-electron chi connectivity index (χ2n) is 5.98. The Morgan fingerprint density at radius 3 is 3.08 bits per heavy atom. The molecule has 1 N–H and O–H groups in total. The van der Waals surface area contributed by atoms with Gasteiger partial charge in [-0.2, -0.15) is 4.91 Å². The van der Waals surface area contributed by atoms with Crippen molar-refractivity contribution in [3.63, 3.8) is 0 Å². The van der Waals surface area contributed by atoms with E-state index in [2.05, 4.69) is 10.5 Å². The number of carbonyl (C=O) groups excluding carboxylic acids is 1. The highest BCUT2D eigenvalue weighted by atomic mass is 32.1. The van der Waals surface area contributed by atoms with Crippen molar-refractivity contribution in [2.75, 3.05) is 13.7 Å². The zero-order valence-corrected chi connectivity index (χ0v) is 14.7. The largest absolute Gasteiger partial charge is 0.494 e. The number of nitrogens with one attached hydrogen (secondary N) is 1. The SMILES string of the molecule is COc1cc(CCNC(=O)c2csc3c2CCCC3N=O)ccc1F. The van der Waals surface area contributed by atoms with Crippen LogP contribution in [0.5, 0.6) is 5.75 Å². The van der Waals surface area contributed by atoms with E-state index in [-0.39, 0.29) is 17.7 Å². The monoisotopic (exact) mass is 362 g/mol. The Morgan fingerprint density at radius 1 is 1.48 bits per heavy atom. The third-order valence-corrected chi connectivity index (χ3v) is 5.55. The Labute approximate surface area is 149 Å². The number of halogens is 1. The molecule has 0 fully saturated rings. The average molecular weight is 362 g/mol. The van der Waals surface area contributed by atoms with E-state index >= 15 is 0 Å². The second-order valence-corrected chi connectivity index (χ2v) is 6.89. The molecule has 132 valence electrons. The van der Waals surface area contributed by atoms with Gasteiger partial charge in [0.25, 0.3) is 5.91 Å². The molecule has 0 radical (unpaired) electrons. The van der Waals surface area contributed by atoms with Crippen molar-refractivity contribution in [2.45, 2.75) is 31.7 Å². The van der Waals surface area contributed by atoms with Gasteiger partial charge in [0.2, 0.25) is 0 Å². The van der Waals surface area contributed by atoms with Crippen LogP contribution >= 0.6 is 11.3 Å². The van der Waals surface area contributed by atoms with Crippen LogP contribution in [0.25, 0.3) is 0 Å². The van der Waals surface area contributed by atoms with E-state index in [4.69, 9.17) is 4.74 Å². The van der Waals surface area contributed by atoms with Gasteiger partial charge in [0.1, 0.15) is 6.04 Å². The maximum Gasteiger partial charge on any atom is 0.252 e. The summed E-state index contributed by atoms with van der Waals surface area (Å²) in [4.78, 5) is 24.3. The minimum atomic E-state index is -0.404. The van der Waals surface area contributed by atoms with Crippen LogP contribution in [0, 0.1) is 10.7 Å². The number of fused-ring (bicyclic) bond motifs is 1. The third kappa shape index (κ3) is 3.71. The molecule has 1 aliphatic rings. The van der Waals surface area contributed by atoms with Crippen LogP contribution in [-0.2, 0) is 12.8 Å². The molecule has 0 bridgehead atoms.